The number of aromatic nitrogens is 2. The first-order chi connectivity index (χ1) is 23.3. The standard InChI is InChI=1S/C38H37ClN6O3/c1-22-30(25-12-13-45-34(17-25)42-20-27(38(45)48)19-41-21-28-10-11-35(46)43-28)4-2-5-31(22)33-7-3-6-32(37(33)39)24-9-8-23-15-29(16-26(23)14-24)44-36(47)18-40/h2-9,12-14,17,20,28-29,41H,10-11,15-16,18-19,21,40H2,1H3,(H,43,46)(H,44,47)/t28-,29?/m0/s1. The molecule has 244 valence electrons. The Bertz CT molecular complexity index is 2130. The first kappa shape index (κ1) is 31.8. The van der Waals surface area contributed by atoms with Crippen molar-refractivity contribution in [3.63, 3.8) is 0 Å². The monoisotopic (exact) mass is 660 g/mol. The number of nitrogens with zero attached hydrogens (tertiary/aromatic N) is 2. The zero-order chi connectivity index (χ0) is 33.4. The first-order valence-electron chi connectivity index (χ1n) is 16.3. The maximum Gasteiger partial charge on any atom is 0.262 e. The number of pyridine rings is 1. The molecule has 1 unspecified atom stereocenters. The van der Waals surface area contributed by atoms with Crippen molar-refractivity contribution in [1.29, 1.82) is 0 Å². The van der Waals surface area contributed by atoms with Gasteiger partial charge in [0.05, 0.1) is 11.6 Å². The van der Waals surface area contributed by atoms with Crippen LogP contribution in [0.1, 0.15) is 35.1 Å². The Labute approximate surface area is 283 Å². The Morgan fingerprint density at radius 3 is 2.52 bits per heavy atom. The van der Waals surface area contributed by atoms with Gasteiger partial charge in [0.2, 0.25) is 11.8 Å². The normalized spacial score (nSPS) is 17.0. The van der Waals surface area contributed by atoms with Crippen LogP contribution in [0.4, 0.5) is 0 Å². The predicted octanol–water partition coefficient (Wildman–Crippen LogP) is 4.57. The van der Waals surface area contributed by atoms with E-state index in [2.05, 4.69) is 58.2 Å². The molecule has 10 heteroatoms. The van der Waals surface area contributed by atoms with Gasteiger partial charge in [-0.05, 0) is 77.3 Å². The van der Waals surface area contributed by atoms with E-state index in [1.807, 2.05) is 36.4 Å². The number of hydrogen-bond acceptors (Lipinski definition) is 6. The van der Waals surface area contributed by atoms with Crippen molar-refractivity contribution < 1.29 is 9.59 Å². The predicted molar refractivity (Wildman–Crippen MR) is 189 cm³/mol. The molecular weight excluding hydrogens is 624 g/mol. The topological polar surface area (TPSA) is 131 Å². The number of fused-ring (bicyclic) bond motifs is 2. The van der Waals surface area contributed by atoms with Crippen molar-refractivity contribution in [1.82, 2.24) is 25.3 Å². The van der Waals surface area contributed by atoms with Gasteiger partial charge in [0.25, 0.3) is 5.56 Å². The molecule has 7 rings (SSSR count). The largest absolute Gasteiger partial charge is 0.352 e. The number of carbonyl (C=O) groups excluding carboxylic acids is 2. The third-order valence-corrected chi connectivity index (χ3v) is 9.91. The molecule has 1 saturated heterocycles. The lowest BCUT2D eigenvalue weighted by molar-refractivity contribution is -0.120. The van der Waals surface area contributed by atoms with Crippen LogP contribution in [0.5, 0.6) is 0 Å². The highest BCUT2D eigenvalue weighted by Crippen LogP contribution is 2.41. The average Bonchev–Trinajstić information content (AvgIpc) is 3.70. The number of amides is 2. The van der Waals surface area contributed by atoms with Gasteiger partial charge in [0.1, 0.15) is 5.65 Å². The van der Waals surface area contributed by atoms with Gasteiger partial charge >= 0.3 is 0 Å². The molecule has 9 nitrogen and oxygen atoms in total. The highest BCUT2D eigenvalue weighted by molar-refractivity contribution is 6.36. The molecule has 48 heavy (non-hydrogen) atoms. The fourth-order valence-corrected chi connectivity index (χ4v) is 7.33. The van der Waals surface area contributed by atoms with Crippen LogP contribution in [0.15, 0.2) is 83.9 Å². The van der Waals surface area contributed by atoms with E-state index < -0.39 is 0 Å². The summed E-state index contributed by atoms with van der Waals surface area (Å²) in [6, 6.07) is 22.7. The summed E-state index contributed by atoms with van der Waals surface area (Å²) in [5, 5.41) is 9.89. The number of benzene rings is 3. The molecule has 0 saturated carbocycles. The molecule has 5 N–H and O–H groups in total. The highest BCUT2D eigenvalue weighted by atomic mass is 35.5. The number of nitrogens with two attached hydrogens (primary N) is 1. The zero-order valence-corrected chi connectivity index (χ0v) is 27.4. The van der Waals surface area contributed by atoms with Gasteiger partial charge in [-0.3, -0.25) is 18.8 Å². The fourth-order valence-electron chi connectivity index (χ4n) is 6.99. The van der Waals surface area contributed by atoms with Crippen LogP contribution in [-0.4, -0.2) is 46.4 Å². The van der Waals surface area contributed by atoms with Gasteiger partial charge in [-0.2, -0.15) is 0 Å². The van der Waals surface area contributed by atoms with Gasteiger partial charge in [-0.1, -0.05) is 66.2 Å². The van der Waals surface area contributed by atoms with E-state index in [0.717, 1.165) is 58.2 Å². The molecule has 2 aromatic heterocycles. The van der Waals surface area contributed by atoms with Crippen LogP contribution in [0.2, 0.25) is 5.02 Å². The second kappa shape index (κ2) is 13.4. The smallest absolute Gasteiger partial charge is 0.262 e. The van der Waals surface area contributed by atoms with Crippen LogP contribution in [-0.2, 0) is 29.0 Å². The van der Waals surface area contributed by atoms with Crippen LogP contribution in [0.3, 0.4) is 0 Å². The maximum atomic E-state index is 13.3. The average molecular weight is 661 g/mol. The lowest BCUT2D eigenvalue weighted by Gasteiger charge is -2.16. The van der Waals surface area contributed by atoms with Crippen molar-refractivity contribution >= 4 is 29.1 Å². The summed E-state index contributed by atoms with van der Waals surface area (Å²) in [5.41, 5.74) is 15.9. The molecule has 0 bridgehead atoms. The lowest BCUT2D eigenvalue weighted by atomic mass is 9.91. The fraction of sp³-hybridized carbons (Fsp3) is 0.263. The molecule has 2 atom stereocenters. The van der Waals surface area contributed by atoms with Gasteiger partial charge in [-0.25, -0.2) is 4.98 Å². The summed E-state index contributed by atoms with van der Waals surface area (Å²) in [5.74, 6) is -0.0643. The van der Waals surface area contributed by atoms with Crippen molar-refractivity contribution in [3.05, 3.63) is 117 Å². The van der Waals surface area contributed by atoms with Crippen LogP contribution >= 0.6 is 11.6 Å². The van der Waals surface area contributed by atoms with Gasteiger partial charge < -0.3 is 21.7 Å². The quantitative estimate of drug-likeness (QED) is 0.183. The molecule has 0 spiro atoms. The summed E-state index contributed by atoms with van der Waals surface area (Å²) in [4.78, 5) is 41.2. The van der Waals surface area contributed by atoms with Crippen LogP contribution < -0.4 is 27.2 Å². The number of carbonyl (C=O) groups is 2. The van der Waals surface area contributed by atoms with Crippen molar-refractivity contribution in [2.75, 3.05) is 13.1 Å². The number of halogens is 1. The van der Waals surface area contributed by atoms with Gasteiger partial charge in [0.15, 0.2) is 0 Å². The molecule has 0 radical (unpaired) electrons. The zero-order valence-electron chi connectivity index (χ0n) is 26.7. The molecule has 2 amide bonds. The van der Waals surface area contributed by atoms with Crippen molar-refractivity contribution in [2.45, 2.75) is 51.2 Å². The van der Waals surface area contributed by atoms with Crippen molar-refractivity contribution in [3.8, 4) is 33.4 Å². The highest BCUT2D eigenvalue weighted by Gasteiger charge is 2.24. The number of rotatable bonds is 9. The second-order valence-electron chi connectivity index (χ2n) is 12.7. The minimum atomic E-state index is -0.138. The molecule has 2 aliphatic rings. The van der Waals surface area contributed by atoms with Crippen molar-refractivity contribution in [2.24, 2.45) is 5.73 Å². The van der Waals surface area contributed by atoms with E-state index in [4.69, 9.17) is 17.3 Å². The molecule has 1 aliphatic heterocycles. The van der Waals surface area contributed by atoms with E-state index in [1.54, 1.807) is 16.8 Å². The molecule has 3 heterocycles. The SMILES string of the molecule is Cc1c(-c2ccn3c(=O)c(CNC[C@@H]4CCC(=O)N4)cnc3c2)cccc1-c1cccc(-c2ccc3c(c2)CC(NC(=O)CN)C3)c1Cl. The third-order valence-electron chi connectivity index (χ3n) is 9.51. The first-order valence-corrected chi connectivity index (χ1v) is 16.7. The van der Waals surface area contributed by atoms with Crippen LogP contribution in [0.25, 0.3) is 39.0 Å². The number of hydrogen-bond donors (Lipinski definition) is 4. The Kier molecular flexibility index (Phi) is 8.83. The summed E-state index contributed by atoms with van der Waals surface area (Å²) >= 11 is 7.16. The van der Waals surface area contributed by atoms with E-state index in [1.165, 1.54) is 11.1 Å². The summed E-state index contributed by atoms with van der Waals surface area (Å²) < 4.78 is 1.57. The Morgan fingerprint density at radius 1 is 0.979 bits per heavy atom. The van der Waals surface area contributed by atoms with E-state index in [0.29, 0.717) is 35.7 Å². The lowest BCUT2D eigenvalue weighted by Crippen LogP contribution is -2.39. The Morgan fingerprint density at radius 2 is 1.73 bits per heavy atom. The van der Waals surface area contributed by atoms with Gasteiger partial charge in [-0.15, -0.1) is 0 Å². The third kappa shape index (κ3) is 6.24. The molecule has 3 aromatic carbocycles. The molecule has 5 aromatic rings. The summed E-state index contributed by atoms with van der Waals surface area (Å²) in [6.07, 6.45) is 6.31. The Hall–Kier alpha value is -4.83. The summed E-state index contributed by atoms with van der Waals surface area (Å²) in [7, 11) is 0. The summed E-state index contributed by atoms with van der Waals surface area (Å²) in [6.45, 7) is 3.06. The Balaban J connectivity index is 1.13. The maximum absolute atomic E-state index is 13.3. The molecule has 1 fully saturated rings. The van der Waals surface area contributed by atoms with E-state index in [-0.39, 0.29) is 36.0 Å². The van der Waals surface area contributed by atoms with Crippen LogP contribution in [0, 0.1) is 6.92 Å². The number of nitrogens with one attached hydrogen (secondary N) is 3. The molecule has 1 aliphatic carbocycles. The minimum absolute atomic E-state index is 0.0114. The molecular formula is C38H37ClN6O3. The van der Waals surface area contributed by atoms with Gasteiger partial charge in [0, 0.05) is 60.7 Å². The minimum Gasteiger partial charge on any atom is -0.352 e. The second-order valence-corrected chi connectivity index (χ2v) is 13.0. The van der Waals surface area contributed by atoms with E-state index >= 15 is 0 Å². The van der Waals surface area contributed by atoms with E-state index in [9.17, 15) is 14.4 Å².